The molecule has 0 bridgehead atoms. The van der Waals surface area contributed by atoms with Crippen molar-refractivity contribution in [3.05, 3.63) is 41.6 Å². The number of H-pyrrole nitrogens is 1. The van der Waals surface area contributed by atoms with Crippen LogP contribution in [0.1, 0.15) is 17.7 Å². The highest BCUT2D eigenvalue weighted by Crippen LogP contribution is 2.36. The van der Waals surface area contributed by atoms with E-state index in [2.05, 4.69) is 10.2 Å². The molecular formula is C15H16F3N3O2S. The van der Waals surface area contributed by atoms with Gasteiger partial charge in [0.1, 0.15) is 0 Å². The molecule has 9 heteroatoms. The Balaban J connectivity index is 1.90. The number of alkyl halides is 3. The first-order valence-corrected chi connectivity index (χ1v) is 8.91. The molecule has 0 spiro atoms. The summed E-state index contributed by atoms with van der Waals surface area (Å²) >= 11 is 0. The van der Waals surface area contributed by atoms with Crippen LogP contribution in [0, 0.1) is 6.92 Å². The zero-order valence-corrected chi connectivity index (χ0v) is 13.7. The molecule has 5 nitrogen and oxygen atoms in total. The second-order valence-corrected chi connectivity index (χ2v) is 8.00. The fourth-order valence-corrected chi connectivity index (χ4v) is 4.79. The summed E-state index contributed by atoms with van der Waals surface area (Å²) < 4.78 is 64.8. The second-order valence-electron chi connectivity index (χ2n) is 5.80. The van der Waals surface area contributed by atoms with Crippen molar-refractivity contribution in [1.29, 1.82) is 0 Å². The van der Waals surface area contributed by atoms with E-state index in [4.69, 9.17) is 0 Å². The van der Waals surface area contributed by atoms with E-state index in [1.54, 1.807) is 11.0 Å². The molecule has 1 N–H and O–H groups in total. The first-order chi connectivity index (χ1) is 11.2. The van der Waals surface area contributed by atoms with Crippen LogP contribution in [-0.2, 0) is 16.0 Å². The van der Waals surface area contributed by atoms with E-state index in [9.17, 15) is 21.6 Å². The van der Waals surface area contributed by atoms with Crippen molar-refractivity contribution in [3.8, 4) is 0 Å². The first-order valence-electron chi connectivity index (χ1n) is 7.36. The largest absolute Gasteiger partial charge is 0.417 e. The van der Waals surface area contributed by atoms with Gasteiger partial charge in [0.15, 0.2) is 15.7 Å². The van der Waals surface area contributed by atoms with E-state index in [0.717, 1.165) is 17.8 Å². The van der Waals surface area contributed by atoms with Gasteiger partial charge in [-0.25, -0.2) is 8.42 Å². The molecule has 24 heavy (non-hydrogen) atoms. The Morgan fingerprint density at radius 1 is 1.29 bits per heavy atom. The number of aromatic nitrogens is 2. The van der Waals surface area contributed by atoms with Gasteiger partial charge in [0.25, 0.3) is 0 Å². The average molecular weight is 359 g/mol. The molecule has 1 aliphatic heterocycles. The fourth-order valence-electron chi connectivity index (χ4n) is 2.88. The van der Waals surface area contributed by atoms with E-state index in [1.165, 1.54) is 12.1 Å². The van der Waals surface area contributed by atoms with Crippen LogP contribution >= 0.6 is 0 Å². The minimum absolute atomic E-state index is 0.124. The van der Waals surface area contributed by atoms with Gasteiger partial charge in [-0.1, -0.05) is 12.1 Å². The predicted molar refractivity (Wildman–Crippen MR) is 82.6 cm³/mol. The molecule has 130 valence electrons. The van der Waals surface area contributed by atoms with Gasteiger partial charge in [-0.05, 0) is 25.5 Å². The summed E-state index contributed by atoms with van der Waals surface area (Å²) in [7, 11) is -4.09. The lowest BCUT2D eigenvalue weighted by molar-refractivity contribution is -0.139. The molecule has 1 aliphatic rings. The third-order valence-electron chi connectivity index (χ3n) is 4.10. The molecule has 2 heterocycles. The molecule has 1 unspecified atom stereocenters. The highest BCUT2D eigenvalue weighted by Gasteiger charge is 2.41. The number of nitrogens with one attached hydrogen (secondary N) is 1. The molecule has 2 aromatic rings. The molecule has 0 saturated carbocycles. The monoisotopic (exact) mass is 359 g/mol. The zero-order valence-electron chi connectivity index (χ0n) is 12.8. The van der Waals surface area contributed by atoms with Crippen LogP contribution in [0.3, 0.4) is 0 Å². The number of rotatable bonds is 3. The lowest BCUT2D eigenvalue weighted by Crippen LogP contribution is -2.28. The Labute approximate surface area is 137 Å². The van der Waals surface area contributed by atoms with Crippen molar-refractivity contribution in [2.75, 3.05) is 18.0 Å². The van der Waals surface area contributed by atoms with Gasteiger partial charge in [0.05, 0.1) is 15.7 Å². The Kier molecular flexibility index (Phi) is 4.06. The Morgan fingerprint density at radius 2 is 2.00 bits per heavy atom. The highest BCUT2D eigenvalue weighted by atomic mass is 32.2. The van der Waals surface area contributed by atoms with E-state index in [0.29, 0.717) is 12.4 Å². The minimum Gasteiger partial charge on any atom is -0.354 e. The van der Waals surface area contributed by atoms with Gasteiger partial charge < -0.3 is 4.90 Å². The molecule has 1 aromatic carbocycles. The van der Waals surface area contributed by atoms with Crippen LogP contribution < -0.4 is 4.90 Å². The summed E-state index contributed by atoms with van der Waals surface area (Å²) in [5.41, 5.74) is -0.280. The van der Waals surface area contributed by atoms with E-state index in [-0.39, 0.29) is 13.0 Å². The number of hydrogen-bond acceptors (Lipinski definition) is 4. The Morgan fingerprint density at radius 3 is 2.62 bits per heavy atom. The van der Waals surface area contributed by atoms with Crippen LogP contribution in [0.15, 0.2) is 35.2 Å². The van der Waals surface area contributed by atoms with Crippen molar-refractivity contribution in [2.45, 2.75) is 29.7 Å². The van der Waals surface area contributed by atoms with Gasteiger partial charge in [-0.2, -0.15) is 18.3 Å². The third-order valence-corrected chi connectivity index (χ3v) is 6.33. The quantitative estimate of drug-likeness (QED) is 0.915. The van der Waals surface area contributed by atoms with Gasteiger partial charge in [0.2, 0.25) is 0 Å². The molecule has 1 atom stereocenters. The van der Waals surface area contributed by atoms with E-state index in [1.807, 2.05) is 6.92 Å². The summed E-state index contributed by atoms with van der Waals surface area (Å²) in [4.78, 5) is 1.12. The van der Waals surface area contributed by atoms with Crippen molar-refractivity contribution in [1.82, 2.24) is 10.2 Å². The van der Waals surface area contributed by atoms with Crippen molar-refractivity contribution in [2.24, 2.45) is 0 Å². The summed E-state index contributed by atoms with van der Waals surface area (Å²) in [6.07, 6.45) is -4.44. The number of anilines is 1. The van der Waals surface area contributed by atoms with Gasteiger partial charge in [-0.15, -0.1) is 0 Å². The number of benzene rings is 1. The third kappa shape index (κ3) is 3.00. The Bertz CT molecular complexity index is 846. The second kappa shape index (κ2) is 5.80. The van der Waals surface area contributed by atoms with Crippen LogP contribution in [0.5, 0.6) is 0 Å². The molecule has 1 fully saturated rings. The summed E-state index contributed by atoms with van der Waals surface area (Å²) in [6, 6.07) is 6.11. The smallest absolute Gasteiger partial charge is 0.354 e. The van der Waals surface area contributed by atoms with Crippen molar-refractivity contribution in [3.63, 3.8) is 0 Å². The molecule has 1 aromatic heterocycles. The van der Waals surface area contributed by atoms with Crippen molar-refractivity contribution >= 4 is 15.7 Å². The van der Waals surface area contributed by atoms with Gasteiger partial charge in [0, 0.05) is 24.8 Å². The topological polar surface area (TPSA) is 66.1 Å². The molecule has 1 saturated heterocycles. The number of nitrogens with zero attached hydrogens (tertiary/aromatic N) is 2. The van der Waals surface area contributed by atoms with Crippen LogP contribution in [0.2, 0.25) is 0 Å². The Hall–Kier alpha value is -2.03. The summed E-state index contributed by atoms with van der Waals surface area (Å²) in [6.45, 7) is 2.38. The molecule has 0 amide bonds. The lowest BCUT2D eigenvalue weighted by atomic mass is 10.2. The maximum atomic E-state index is 13.1. The van der Waals surface area contributed by atoms with Crippen LogP contribution in [-0.4, -0.2) is 37.0 Å². The van der Waals surface area contributed by atoms with E-state index >= 15 is 0 Å². The molecular weight excluding hydrogens is 343 g/mol. The normalized spacial score (nSPS) is 19.0. The van der Waals surface area contributed by atoms with Crippen LogP contribution in [0.4, 0.5) is 19.0 Å². The first kappa shape index (κ1) is 16.8. The standard InChI is InChI=1S/C15H16F3N3O2S/c1-10-8-14(20-19-10)21-7-6-11(9-21)24(22,23)13-5-3-2-4-12(13)15(16,17)18/h2-5,8,11H,6-7,9H2,1H3,(H,19,20). The van der Waals surface area contributed by atoms with Crippen molar-refractivity contribution < 1.29 is 21.6 Å². The number of aromatic amines is 1. The number of halogens is 3. The highest BCUT2D eigenvalue weighted by molar-refractivity contribution is 7.92. The maximum Gasteiger partial charge on any atom is 0.417 e. The SMILES string of the molecule is Cc1cc(N2CCC(S(=O)(=O)c3ccccc3C(F)(F)F)C2)n[nH]1. The number of sulfone groups is 1. The summed E-state index contributed by atoms with van der Waals surface area (Å²) in [5.74, 6) is 0.606. The minimum atomic E-state index is -4.71. The maximum absolute atomic E-state index is 13.1. The predicted octanol–water partition coefficient (Wildman–Crippen LogP) is 2.79. The number of hydrogen-bond donors (Lipinski definition) is 1. The molecule has 3 rings (SSSR count). The fraction of sp³-hybridized carbons (Fsp3) is 0.400. The number of aryl methyl sites for hydroxylation is 1. The lowest BCUT2D eigenvalue weighted by Gasteiger charge is -2.18. The zero-order chi connectivity index (χ0) is 17.5. The molecule has 0 radical (unpaired) electrons. The van der Waals surface area contributed by atoms with Crippen LogP contribution in [0.25, 0.3) is 0 Å². The average Bonchev–Trinajstić information content (AvgIpc) is 3.15. The van der Waals surface area contributed by atoms with E-state index < -0.39 is 31.7 Å². The van der Waals surface area contributed by atoms with Gasteiger partial charge in [-0.3, -0.25) is 5.10 Å². The molecule has 0 aliphatic carbocycles. The summed E-state index contributed by atoms with van der Waals surface area (Å²) in [5, 5.41) is 5.95. The van der Waals surface area contributed by atoms with Gasteiger partial charge >= 0.3 is 6.18 Å².